The normalized spacial score (nSPS) is 47.2. The Kier molecular flexibility index (Phi) is 3.78. The van der Waals surface area contributed by atoms with Crippen LogP contribution in [0.2, 0.25) is 0 Å². The summed E-state index contributed by atoms with van der Waals surface area (Å²) in [5.74, 6) is -0.134. The van der Waals surface area contributed by atoms with Gasteiger partial charge in [-0.15, -0.1) is 0 Å². The number of aliphatic hydroxyl groups is 2. The minimum atomic E-state index is -0.889. The van der Waals surface area contributed by atoms with E-state index in [4.69, 9.17) is 4.74 Å². The fraction of sp³-hybridized carbons (Fsp3) is 0.786. The molecule has 0 amide bonds. The topological polar surface area (TPSA) is 66.8 Å². The summed E-state index contributed by atoms with van der Waals surface area (Å²) in [6.07, 6.45) is 5.15. The summed E-state index contributed by atoms with van der Waals surface area (Å²) in [7, 11) is 0. The Morgan fingerprint density at radius 1 is 1.44 bits per heavy atom. The van der Waals surface area contributed by atoms with Gasteiger partial charge >= 0.3 is 5.97 Å². The van der Waals surface area contributed by atoms with E-state index in [9.17, 15) is 15.0 Å². The van der Waals surface area contributed by atoms with Crippen LogP contribution in [0.4, 0.5) is 0 Å². The van der Waals surface area contributed by atoms with Crippen LogP contribution in [0.5, 0.6) is 0 Å². The molecule has 0 aromatic rings. The molecule has 18 heavy (non-hydrogen) atoms. The maximum atomic E-state index is 11.4. The van der Waals surface area contributed by atoms with Crippen LogP contribution in [0, 0.1) is 11.8 Å². The Labute approximate surface area is 108 Å². The Hall–Kier alpha value is -0.870. The molecule has 1 heterocycles. The van der Waals surface area contributed by atoms with E-state index in [2.05, 4.69) is 0 Å². The van der Waals surface area contributed by atoms with Crippen molar-refractivity contribution < 1.29 is 19.7 Å². The summed E-state index contributed by atoms with van der Waals surface area (Å²) in [6, 6.07) is 0. The van der Waals surface area contributed by atoms with Crippen molar-refractivity contribution in [1.82, 2.24) is 0 Å². The quantitative estimate of drug-likeness (QED) is 0.506. The summed E-state index contributed by atoms with van der Waals surface area (Å²) in [5.41, 5.74) is -0.889. The lowest BCUT2D eigenvalue weighted by molar-refractivity contribution is -0.143. The first-order valence-electron chi connectivity index (χ1n) is 6.66. The number of carbonyl (C=O) groups excluding carboxylic acids is 1. The third kappa shape index (κ3) is 3.12. The fourth-order valence-corrected chi connectivity index (χ4v) is 2.72. The molecule has 1 aliphatic carbocycles. The van der Waals surface area contributed by atoms with Gasteiger partial charge in [-0.2, -0.15) is 0 Å². The van der Waals surface area contributed by atoms with Gasteiger partial charge in [-0.3, -0.25) is 4.79 Å². The zero-order valence-electron chi connectivity index (χ0n) is 11.0. The maximum absolute atomic E-state index is 11.4. The van der Waals surface area contributed by atoms with E-state index in [1.165, 1.54) is 0 Å². The van der Waals surface area contributed by atoms with E-state index in [0.717, 1.165) is 0 Å². The summed E-state index contributed by atoms with van der Waals surface area (Å²) in [5, 5.41) is 20.3. The van der Waals surface area contributed by atoms with Crippen LogP contribution in [0.3, 0.4) is 0 Å². The lowest BCUT2D eigenvalue weighted by Crippen LogP contribution is -2.34. The first-order valence-corrected chi connectivity index (χ1v) is 6.66. The second-order valence-electron chi connectivity index (χ2n) is 5.95. The van der Waals surface area contributed by atoms with Gasteiger partial charge in [0.2, 0.25) is 0 Å². The van der Waals surface area contributed by atoms with Gasteiger partial charge in [-0.25, -0.2) is 0 Å². The number of aliphatic hydroxyl groups excluding tert-OH is 1. The van der Waals surface area contributed by atoms with Crippen molar-refractivity contribution in [2.24, 2.45) is 11.8 Å². The van der Waals surface area contributed by atoms with Crippen molar-refractivity contribution in [3.05, 3.63) is 12.2 Å². The number of carbonyl (C=O) groups is 1. The monoisotopic (exact) mass is 254 g/mol. The molecule has 0 bridgehead atoms. The molecule has 1 fully saturated rings. The van der Waals surface area contributed by atoms with Crippen molar-refractivity contribution >= 4 is 5.97 Å². The average molecular weight is 254 g/mol. The zero-order chi connectivity index (χ0) is 13.3. The Morgan fingerprint density at radius 2 is 2.17 bits per heavy atom. The van der Waals surface area contributed by atoms with E-state index in [1.807, 2.05) is 19.1 Å². The minimum absolute atomic E-state index is 0.0247. The van der Waals surface area contributed by atoms with Crippen molar-refractivity contribution in [3.8, 4) is 0 Å². The average Bonchev–Trinajstić information content (AvgIpc) is 2.61. The zero-order valence-corrected chi connectivity index (χ0v) is 11.0. The SMILES string of the molecule is C[C@@H]1/C=C\[C@@H]2CC(=O)O[C@@H]2C[C@@](C)(O)CC[C@@H]1O. The van der Waals surface area contributed by atoms with Crippen LogP contribution in [0.25, 0.3) is 0 Å². The summed E-state index contributed by atoms with van der Waals surface area (Å²) >= 11 is 0. The van der Waals surface area contributed by atoms with Crippen LogP contribution in [-0.4, -0.2) is 34.0 Å². The predicted octanol–water partition coefficient (Wildman–Crippen LogP) is 1.41. The van der Waals surface area contributed by atoms with Crippen molar-refractivity contribution in [3.63, 3.8) is 0 Å². The molecule has 5 atom stereocenters. The van der Waals surface area contributed by atoms with Gasteiger partial charge in [0, 0.05) is 12.3 Å². The molecular formula is C14H22O4. The molecule has 4 heteroatoms. The largest absolute Gasteiger partial charge is 0.462 e. The Balaban J connectivity index is 2.19. The molecule has 0 saturated carbocycles. The fourth-order valence-electron chi connectivity index (χ4n) is 2.72. The first-order chi connectivity index (χ1) is 8.37. The van der Waals surface area contributed by atoms with Crippen molar-refractivity contribution in [2.45, 2.75) is 57.3 Å². The lowest BCUT2D eigenvalue weighted by atomic mass is 9.83. The number of hydrogen-bond donors (Lipinski definition) is 2. The molecule has 0 aromatic carbocycles. The highest BCUT2D eigenvalue weighted by molar-refractivity contribution is 5.72. The standard InChI is InChI=1S/C14H22O4/c1-9-3-4-10-7-13(16)18-12(10)8-14(2,17)6-5-11(9)15/h3-4,9-12,15,17H,5-8H2,1-2H3/b4-3-/t9-,10-,11+,12-,14+/m1/s1. The summed E-state index contributed by atoms with van der Waals surface area (Å²) < 4.78 is 5.28. The molecule has 1 aliphatic heterocycles. The molecule has 2 aliphatic rings. The van der Waals surface area contributed by atoms with Gasteiger partial charge in [-0.05, 0) is 25.7 Å². The highest BCUT2D eigenvalue weighted by Crippen LogP contribution is 2.33. The van der Waals surface area contributed by atoms with Gasteiger partial charge in [-0.1, -0.05) is 19.1 Å². The molecule has 2 N–H and O–H groups in total. The highest BCUT2D eigenvalue weighted by Gasteiger charge is 2.38. The molecule has 102 valence electrons. The van der Waals surface area contributed by atoms with Crippen LogP contribution in [0.15, 0.2) is 12.2 Å². The van der Waals surface area contributed by atoms with Crippen molar-refractivity contribution in [2.75, 3.05) is 0 Å². The molecule has 4 nitrogen and oxygen atoms in total. The molecule has 0 unspecified atom stereocenters. The van der Waals surface area contributed by atoms with Crippen LogP contribution >= 0.6 is 0 Å². The van der Waals surface area contributed by atoms with Gasteiger partial charge in [0.1, 0.15) is 6.10 Å². The summed E-state index contributed by atoms with van der Waals surface area (Å²) in [6.45, 7) is 3.70. The molecule has 2 rings (SSSR count). The van der Waals surface area contributed by atoms with E-state index in [1.54, 1.807) is 6.92 Å². The van der Waals surface area contributed by atoms with Gasteiger partial charge < -0.3 is 14.9 Å². The molecule has 1 saturated heterocycles. The second kappa shape index (κ2) is 5.02. The maximum Gasteiger partial charge on any atom is 0.306 e. The van der Waals surface area contributed by atoms with Gasteiger partial charge in [0.15, 0.2) is 0 Å². The van der Waals surface area contributed by atoms with Gasteiger partial charge in [0.05, 0.1) is 18.1 Å². The van der Waals surface area contributed by atoms with Crippen LogP contribution in [0.1, 0.15) is 39.5 Å². The van der Waals surface area contributed by atoms with E-state index >= 15 is 0 Å². The first kappa shape index (κ1) is 13.6. The molecular weight excluding hydrogens is 232 g/mol. The number of esters is 1. The van der Waals surface area contributed by atoms with E-state index in [0.29, 0.717) is 25.7 Å². The minimum Gasteiger partial charge on any atom is -0.462 e. The number of hydrogen-bond acceptors (Lipinski definition) is 4. The van der Waals surface area contributed by atoms with Crippen LogP contribution in [-0.2, 0) is 9.53 Å². The third-order valence-corrected chi connectivity index (χ3v) is 4.05. The third-order valence-electron chi connectivity index (χ3n) is 4.05. The smallest absolute Gasteiger partial charge is 0.306 e. The van der Waals surface area contributed by atoms with Crippen molar-refractivity contribution in [1.29, 1.82) is 0 Å². The molecule has 0 spiro atoms. The number of fused-ring (bicyclic) bond motifs is 1. The lowest BCUT2D eigenvalue weighted by Gasteiger charge is -2.30. The Morgan fingerprint density at radius 3 is 2.89 bits per heavy atom. The molecule has 0 radical (unpaired) electrons. The van der Waals surface area contributed by atoms with E-state index < -0.39 is 11.7 Å². The number of ether oxygens (including phenoxy) is 1. The van der Waals surface area contributed by atoms with Gasteiger partial charge in [0.25, 0.3) is 0 Å². The predicted molar refractivity (Wildman–Crippen MR) is 66.8 cm³/mol. The molecule has 0 aromatic heterocycles. The van der Waals surface area contributed by atoms with Crippen LogP contribution < -0.4 is 0 Å². The Bertz CT molecular complexity index is 348. The highest BCUT2D eigenvalue weighted by atomic mass is 16.6. The van der Waals surface area contributed by atoms with E-state index in [-0.39, 0.29) is 23.9 Å². The second-order valence-corrected chi connectivity index (χ2v) is 5.95. The summed E-state index contributed by atoms with van der Waals surface area (Å²) in [4.78, 5) is 11.4. The number of rotatable bonds is 0.